The number of allylic oxidation sites excluding steroid dienone is 2. The van der Waals surface area contributed by atoms with Crippen molar-refractivity contribution in [2.24, 2.45) is 17.0 Å². The van der Waals surface area contributed by atoms with Gasteiger partial charge in [-0.05, 0) is 24.5 Å². The van der Waals surface area contributed by atoms with Crippen LogP contribution < -0.4 is 0 Å². The average Bonchev–Trinajstić information content (AvgIpc) is 2.47. The van der Waals surface area contributed by atoms with E-state index >= 15 is 0 Å². The first-order valence-corrected chi connectivity index (χ1v) is 4.78. The van der Waals surface area contributed by atoms with Crippen LogP contribution in [0.3, 0.4) is 0 Å². The highest BCUT2D eigenvalue weighted by atomic mass is 16.6. The van der Waals surface area contributed by atoms with E-state index in [0.717, 1.165) is 5.71 Å². The van der Waals surface area contributed by atoms with Gasteiger partial charge in [0, 0.05) is 0 Å². The summed E-state index contributed by atoms with van der Waals surface area (Å²) in [7, 11) is 0. The Kier molecular flexibility index (Phi) is 1.98. The van der Waals surface area contributed by atoms with Crippen LogP contribution >= 0.6 is 0 Å². The van der Waals surface area contributed by atoms with Crippen LogP contribution in [0.4, 0.5) is 0 Å². The average molecular weight is 177 g/mol. The molecule has 0 saturated carbocycles. The largest absolute Gasteiger partial charge is 0.387 e. The molecule has 0 aromatic rings. The molecule has 70 valence electrons. The van der Waals surface area contributed by atoms with E-state index in [4.69, 9.17) is 4.84 Å². The maximum atomic E-state index is 5.31. The molecule has 0 saturated heterocycles. The zero-order valence-electron chi connectivity index (χ0n) is 8.32. The van der Waals surface area contributed by atoms with Crippen LogP contribution in [-0.2, 0) is 4.84 Å². The molecule has 2 heteroatoms. The van der Waals surface area contributed by atoms with Gasteiger partial charge in [0.1, 0.15) is 0 Å². The number of oxime groups is 1. The van der Waals surface area contributed by atoms with Gasteiger partial charge in [0.2, 0.25) is 0 Å². The van der Waals surface area contributed by atoms with Crippen LogP contribution in [0.5, 0.6) is 0 Å². The van der Waals surface area contributed by atoms with Gasteiger partial charge in [-0.1, -0.05) is 31.2 Å². The highest BCUT2D eigenvalue weighted by Crippen LogP contribution is 2.28. The third kappa shape index (κ3) is 1.41. The summed E-state index contributed by atoms with van der Waals surface area (Å²) >= 11 is 0. The maximum absolute atomic E-state index is 5.31. The molecule has 1 aliphatic carbocycles. The number of nitrogens with zero attached hydrogens (tertiary/aromatic N) is 1. The van der Waals surface area contributed by atoms with Crippen LogP contribution in [0.2, 0.25) is 0 Å². The van der Waals surface area contributed by atoms with E-state index in [-0.39, 0.29) is 6.10 Å². The zero-order valence-corrected chi connectivity index (χ0v) is 8.32. The fourth-order valence-electron chi connectivity index (χ4n) is 1.74. The summed E-state index contributed by atoms with van der Waals surface area (Å²) in [5.74, 6) is 0.948. The molecule has 1 aliphatic heterocycles. The van der Waals surface area contributed by atoms with Crippen molar-refractivity contribution >= 4 is 5.71 Å². The minimum absolute atomic E-state index is 0.155. The van der Waals surface area contributed by atoms with Crippen LogP contribution in [0, 0.1) is 11.8 Å². The predicted octanol–water partition coefficient (Wildman–Crippen LogP) is 2.53. The highest BCUT2D eigenvalue weighted by molar-refractivity contribution is 5.87. The molecule has 2 atom stereocenters. The summed E-state index contributed by atoms with van der Waals surface area (Å²) in [5, 5.41) is 4.00. The highest BCUT2D eigenvalue weighted by Gasteiger charge is 2.30. The van der Waals surface area contributed by atoms with Crippen molar-refractivity contribution in [3.8, 4) is 0 Å². The molecular formula is C11H15NO. The molecule has 2 unspecified atom stereocenters. The first-order valence-electron chi connectivity index (χ1n) is 4.78. The third-order valence-corrected chi connectivity index (χ3v) is 2.67. The van der Waals surface area contributed by atoms with Gasteiger partial charge >= 0.3 is 0 Å². The number of hydrogen-bond donors (Lipinski definition) is 0. The number of hydrogen-bond acceptors (Lipinski definition) is 2. The SMILES string of the molecule is CC1=NOC2C=C(C(C)C)C=CC12. The Hall–Kier alpha value is -1.05. The third-order valence-electron chi connectivity index (χ3n) is 2.67. The van der Waals surface area contributed by atoms with Gasteiger partial charge in [-0.2, -0.15) is 0 Å². The lowest BCUT2D eigenvalue weighted by Crippen LogP contribution is -2.21. The Morgan fingerprint density at radius 2 is 2.23 bits per heavy atom. The minimum atomic E-state index is 0.155. The Morgan fingerprint density at radius 1 is 1.46 bits per heavy atom. The van der Waals surface area contributed by atoms with E-state index in [1.807, 2.05) is 6.92 Å². The van der Waals surface area contributed by atoms with Crippen molar-refractivity contribution in [2.45, 2.75) is 26.9 Å². The number of fused-ring (bicyclic) bond motifs is 1. The Balaban J connectivity index is 2.19. The Labute approximate surface area is 79.0 Å². The Bertz CT molecular complexity index is 299. The molecule has 1 heterocycles. The van der Waals surface area contributed by atoms with Crippen molar-refractivity contribution in [3.63, 3.8) is 0 Å². The monoisotopic (exact) mass is 177 g/mol. The first kappa shape index (κ1) is 8.54. The molecule has 0 aromatic carbocycles. The second-order valence-corrected chi connectivity index (χ2v) is 4.01. The van der Waals surface area contributed by atoms with E-state index in [1.165, 1.54) is 5.57 Å². The van der Waals surface area contributed by atoms with E-state index in [0.29, 0.717) is 11.8 Å². The van der Waals surface area contributed by atoms with Gasteiger partial charge in [0.25, 0.3) is 0 Å². The molecular weight excluding hydrogens is 162 g/mol. The predicted molar refractivity (Wildman–Crippen MR) is 53.5 cm³/mol. The fourth-order valence-corrected chi connectivity index (χ4v) is 1.74. The molecule has 2 nitrogen and oxygen atoms in total. The first-order chi connectivity index (χ1) is 6.18. The lowest BCUT2D eigenvalue weighted by atomic mass is 9.87. The molecule has 0 radical (unpaired) electrons. The Morgan fingerprint density at radius 3 is 2.92 bits per heavy atom. The lowest BCUT2D eigenvalue weighted by Gasteiger charge is -2.18. The molecule has 13 heavy (non-hydrogen) atoms. The van der Waals surface area contributed by atoms with Crippen LogP contribution in [0.1, 0.15) is 20.8 Å². The fraction of sp³-hybridized carbons (Fsp3) is 0.545. The quantitative estimate of drug-likeness (QED) is 0.603. The second kappa shape index (κ2) is 3.02. The smallest absolute Gasteiger partial charge is 0.157 e. The molecule has 0 N–H and O–H groups in total. The molecule has 2 aliphatic rings. The van der Waals surface area contributed by atoms with Crippen molar-refractivity contribution in [1.82, 2.24) is 0 Å². The molecule has 0 aromatic heterocycles. The van der Waals surface area contributed by atoms with Crippen molar-refractivity contribution in [2.75, 3.05) is 0 Å². The topological polar surface area (TPSA) is 21.6 Å². The summed E-state index contributed by atoms with van der Waals surface area (Å²) in [4.78, 5) is 5.31. The minimum Gasteiger partial charge on any atom is -0.387 e. The normalized spacial score (nSPS) is 31.1. The van der Waals surface area contributed by atoms with E-state index in [1.54, 1.807) is 0 Å². The van der Waals surface area contributed by atoms with Gasteiger partial charge in [0.05, 0.1) is 11.6 Å². The maximum Gasteiger partial charge on any atom is 0.157 e. The second-order valence-electron chi connectivity index (χ2n) is 4.01. The van der Waals surface area contributed by atoms with E-state index in [9.17, 15) is 0 Å². The van der Waals surface area contributed by atoms with E-state index in [2.05, 4.69) is 37.2 Å². The molecule has 2 rings (SSSR count). The molecule has 0 bridgehead atoms. The molecule has 0 spiro atoms. The number of rotatable bonds is 1. The molecule has 0 amide bonds. The van der Waals surface area contributed by atoms with Crippen LogP contribution in [-0.4, -0.2) is 11.8 Å². The van der Waals surface area contributed by atoms with Gasteiger partial charge in [-0.15, -0.1) is 0 Å². The zero-order chi connectivity index (χ0) is 9.42. The van der Waals surface area contributed by atoms with Crippen molar-refractivity contribution in [3.05, 3.63) is 23.8 Å². The van der Waals surface area contributed by atoms with E-state index < -0.39 is 0 Å². The summed E-state index contributed by atoms with van der Waals surface area (Å²) in [6, 6.07) is 0. The van der Waals surface area contributed by atoms with Gasteiger partial charge < -0.3 is 4.84 Å². The van der Waals surface area contributed by atoms with Crippen molar-refractivity contribution < 1.29 is 4.84 Å². The van der Waals surface area contributed by atoms with Gasteiger partial charge in [-0.3, -0.25) is 0 Å². The summed E-state index contributed by atoms with van der Waals surface area (Å²) < 4.78 is 0. The standard InChI is InChI=1S/C11H15NO/c1-7(2)9-4-5-10-8(3)12-13-11(10)6-9/h4-7,10-11H,1-3H3. The summed E-state index contributed by atoms with van der Waals surface area (Å²) in [6.07, 6.45) is 6.74. The molecule has 0 fully saturated rings. The lowest BCUT2D eigenvalue weighted by molar-refractivity contribution is 0.104. The van der Waals surface area contributed by atoms with Crippen molar-refractivity contribution in [1.29, 1.82) is 0 Å². The van der Waals surface area contributed by atoms with Crippen LogP contribution in [0.15, 0.2) is 29.0 Å². The summed E-state index contributed by atoms with van der Waals surface area (Å²) in [6.45, 7) is 6.40. The van der Waals surface area contributed by atoms with Crippen LogP contribution in [0.25, 0.3) is 0 Å². The van der Waals surface area contributed by atoms with Gasteiger partial charge in [-0.25, -0.2) is 0 Å². The van der Waals surface area contributed by atoms with Gasteiger partial charge in [0.15, 0.2) is 6.10 Å². The summed E-state index contributed by atoms with van der Waals surface area (Å²) in [5.41, 5.74) is 2.44.